The molecule has 32 heavy (non-hydrogen) atoms. The highest BCUT2D eigenvalue weighted by Gasteiger charge is 2.34. The molecular weight excluding hydrogens is 435 g/mol. The monoisotopic (exact) mass is 462 g/mol. The summed E-state index contributed by atoms with van der Waals surface area (Å²) in [6.45, 7) is 2.24. The number of piperidine rings is 1. The molecule has 9 heteroatoms. The number of sulfonamides is 1. The number of nitrogens with zero attached hydrogens (tertiary/aromatic N) is 2. The molecule has 0 bridgehead atoms. The molecule has 1 amide bonds. The SMILES string of the molecule is CC(OC(=O)C1CCN(S(=O)(=O)c2ccc(F)cc2)CC1)C(=O)N(C)Cc1ccccc1. The van der Waals surface area contributed by atoms with Gasteiger partial charge < -0.3 is 9.64 Å². The number of carbonyl (C=O) groups is 2. The molecule has 1 unspecified atom stereocenters. The summed E-state index contributed by atoms with van der Waals surface area (Å²) in [5, 5.41) is 0. The van der Waals surface area contributed by atoms with Gasteiger partial charge in [0.1, 0.15) is 5.82 Å². The maximum Gasteiger partial charge on any atom is 0.309 e. The lowest BCUT2D eigenvalue weighted by molar-refractivity contribution is -0.163. The van der Waals surface area contributed by atoms with E-state index in [9.17, 15) is 22.4 Å². The summed E-state index contributed by atoms with van der Waals surface area (Å²) in [5.41, 5.74) is 0.969. The Bertz CT molecular complexity index is 1040. The average molecular weight is 463 g/mol. The van der Waals surface area contributed by atoms with Crippen molar-refractivity contribution in [1.29, 1.82) is 0 Å². The zero-order valence-corrected chi connectivity index (χ0v) is 18.9. The number of ether oxygens (including phenoxy) is 1. The molecule has 1 atom stereocenters. The van der Waals surface area contributed by atoms with Gasteiger partial charge in [0.25, 0.3) is 5.91 Å². The number of rotatable bonds is 7. The molecule has 2 aromatic carbocycles. The van der Waals surface area contributed by atoms with Crippen LogP contribution in [0, 0.1) is 11.7 Å². The van der Waals surface area contributed by atoms with Crippen molar-refractivity contribution in [2.45, 2.75) is 37.3 Å². The third-order valence-corrected chi connectivity index (χ3v) is 7.43. The summed E-state index contributed by atoms with van der Waals surface area (Å²) in [6.07, 6.45) is -0.350. The first-order valence-corrected chi connectivity index (χ1v) is 11.9. The van der Waals surface area contributed by atoms with Gasteiger partial charge in [-0.3, -0.25) is 9.59 Å². The Hall–Kier alpha value is -2.78. The van der Waals surface area contributed by atoms with E-state index in [1.165, 1.54) is 28.3 Å². The second-order valence-electron chi connectivity index (χ2n) is 7.89. The largest absolute Gasteiger partial charge is 0.452 e. The number of halogens is 1. The van der Waals surface area contributed by atoms with Crippen molar-refractivity contribution in [3.05, 3.63) is 66.0 Å². The highest BCUT2D eigenvalue weighted by molar-refractivity contribution is 7.89. The van der Waals surface area contributed by atoms with Crippen LogP contribution in [0.1, 0.15) is 25.3 Å². The predicted molar refractivity (Wildman–Crippen MR) is 116 cm³/mol. The topological polar surface area (TPSA) is 84.0 Å². The van der Waals surface area contributed by atoms with Gasteiger partial charge in [-0.05, 0) is 49.6 Å². The first kappa shape index (κ1) is 23.9. The lowest BCUT2D eigenvalue weighted by Gasteiger charge is -2.31. The number of likely N-dealkylation sites (N-methyl/N-ethyl adjacent to an activating group) is 1. The minimum Gasteiger partial charge on any atom is -0.452 e. The molecule has 2 aromatic rings. The quantitative estimate of drug-likeness (QED) is 0.591. The second kappa shape index (κ2) is 10.2. The van der Waals surface area contributed by atoms with Crippen LogP contribution in [0.2, 0.25) is 0 Å². The number of amides is 1. The van der Waals surface area contributed by atoms with Crippen LogP contribution >= 0.6 is 0 Å². The van der Waals surface area contributed by atoms with Gasteiger partial charge >= 0.3 is 5.97 Å². The Morgan fingerprint density at radius 3 is 2.28 bits per heavy atom. The summed E-state index contributed by atoms with van der Waals surface area (Å²) in [6, 6.07) is 14.1. The molecule has 1 heterocycles. The number of benzene rings is 2. The minimum absolute atomic E-state index is 0.0144. The molecule has 0 saturated carbocycles. The predicted octanol–water partition coefficient (Wildman–Crippen LogP) is 2.82. The van der Waals surface area contributed by atoms with Gasteiger partial charge in [0.2, 0.25) is 10.0 Å². The Morgan fingerprint density at radius 1 is 1.09 bits per heavy atom. The Morgan fingerprint density at radius 2 is 1.69 bits per heavy atom. The van der Waals surface area contributed by atoms with Crippen LogP contribution in [-0.2, 0) is 30.9 Å². The average Bonchev–Trinajstić information content (AvgIpc) is 2.79. The fourth-order valence-corrected chi connectivity index (χ4v) is 5.12. The van der Waals surface area contributed by atoms with Crippen molar-refractivity contribution >= 4 is 21.9 Å². The van der Waals surface area contributed by atoms with Crippen molar-refractivity contribution in [3.8, 4) is 0 Å². The fraction of sp³-hybridized carbons (Fsp3) is 0.391. The summed E-state index contributed by atoms with van der Waals surface area (Å²) >= 11 is 0. The van der Waals surface area contributed by atoms with Crippen molar-refractivity contribution in [3.63, 3.8) is 0 Å². The first-order chi connectivity index (χ1) is 15.2. The zero-order valence-electron chi connectivity index (χ0n) is 18.1. The molecule has 1 fully saturated rings. The van der Waals surface area contributed by atoms with E-state index in [4.69, 9.17) is 4.74 Å². The van der Waals surface area contributed by atoms with Gasteiger partial charge in [-0.1, -0.05) is 30.3 Å². The lowest BCUT2D eigenvalue weighted by atomic mass is 9.98. The molecule has 1 aliphatic heterocycles. The van der Waals surface area contributed by atoms with Crippen LogP contribution in [0.3, 0.4) is 0 Å². The highest BCUT2D eigenvalue weighted by Crippen LogP contribution is 2.25. The molecule has 1 aliphatic rings. The van der Waals surface area contributed by atoms with Crippen molar-refractivity contribution in [2.24, 2.45) is 5.92 Å². The van der Waals surface area contributed by atoms with Gasteiger partial charge in [-0.25, -0.2) is 12.8 Å². The maximum absolute atomic E-state index is 13.1. The van der Waals surface area contributed by atoms with Gasteiger partial charge in [0.05, 0.1) is 10.8 Å². The molecule has 0 aromatic heterocycles. The van der Waals surface area contributed by atoms with E-state index in [0.29, 0.717) is 19.4 Å². The van der Waals surface area contributed by atoms with Gasteiger partial charge in [-0.2, -0.15) is 4.31 Å². The van der Waals surface area contributed by atoms with E-state index in [2.05, 4.69) is 0 Å². The van der Waals surface area contributed by atoms with Crippen LogP contribution in [0.4, 0.5) is 4.39 Å². The number of hydrogen-bond donors (Lipinski definition) is 0. The summed E-state index contributed by atoms with van der Waals surface area (Å²) in [7, 11) is -2.10. The van der Waals surface area contributed by atoms with Crippen LogP contribution in [0.25, 0.3) is 0 Å². The van der Waals surface area contributed by atoms with E-state index in [-0.39, 0.29) is 23.9 Å². The first-order valence-electron chi connectivity index (χ1n) is 10.4. The normalized spacial score (nSPS) is 16.3. The molecule has 7 nitrogen and oxygen atoms in total. The summed E-state index contributed by atoms with van der Waals surface area (Å²) in [5.74, 6) is -1.80. The van der Waals surface area contributed by atoms with E-state index >= 15 is 0 Å². The zero-order chi connectivity index (χ0) is 23.3. The molecule has 0 N–H and O–H groups in total. The molecule has 3 rings (SSSR count). The summed E-state index contributed by atoms with van der Waals surface area (Å²) < 4.78 is 45.2. The molecule has 0 aliphatic carbocycles. The van der Waals surface area contributed by atoms with Crippen LogP contribution < -0.4 is 0 Å². The van der Waals surface area contributed by atoms with Crippen LogP contribution in [0.15, 0.2) is 59.5 Å². The van der Waals surface area contributed by atoms with E-state index < -0.39 is 33.8 Å². The van der Waals surface area contributed by atoms with Gasteiger partial charge in [0.15, 0.2) is 6.10 Å². The third-order valence-electron chi connectivity index (χ3n) is 5.52. The molecule has 172 valence electrons. The summed E-state index contributed by atoms with van der Waals surface area (Å²) in [4.78, 5) is 26.6. The molecule has 1 saturated heterocycles. The molecule has 0 radical (unpaired) electrons. The minimum atomic E-state index is -3.75. The Kier molecular flexibility index (Phi) is 7.63. The maximum atomic E-state index is 13.1. The molecule has 0 spiro atoms. The number of esters is 1. The second-order valence-corrected chi connectivity index (χ2v) is 9.83. The lowest BCUT2D eigenvalue weighted by Crippen LogP contribution is -2.42. The Labute approximate surface area is 187 Å². The van der Waals surface area contributed by atoms with Crippen LogP contribution in [-0.4, -0.2) is 55.7 Å². The van der Waals surface area contributed by atoms with Crippen molar-refractivity contribution < 1.29 is 27.1 Å². The molecular formula is C23H27FN2O5S. The fourth-order valence-electron chi connectivity index (χ4n) is 3.65. The number of carbonyl (C=O) groups excluding carboxylic acids is 2. The Balaban J connectivity index is 1.51. The van der Waals surface area contributed by atoms with Gasteiger partial charge in [0, 0.05) is 26.7 Å². The van der Waals surface area contributed by atoms with Gasteiger partial charge in [-0.15, -0.1) is 0 Å². The highest BCUT2D eigenvalue weighted by atomic mass is 32.2. The van der Waals surface area contributed by atoms with Crippen molar-refractivity contribution in [1.82, 2.24) is 9.21 Å². The number of hydrogen-bond acceptors (Lipinski definition) is 5. The van der Waals surface area contributed by atoms with E-state index in [1.807, 2.05) is 30.3 Å². The van der Waals surface area contributed by atoms with Crippen LogP contribution in [0.5, 0.6) is 0 Å². The third kappa shape index (κ3) is 5.72. The van der Waals surface area contributed by atoms with Crippen molar-refractivity contribution in [2.75, 3.05) is 20.1 Å². The smallest absolute Gasteiger partial charge is 0.309 e. The van der Waals surface area contributed by atoms with E-state index in [1.54, 1.807) is 7.05 Å². The standard InChI is InChI=1S/C23H27FN2O5S/c1-17(22(27)25(2)16-18-6-4-3-5-7-18)31-23(28)19-12-14-26(15-13-19)32(29,30)21-10-8-20(24)9-11-21/h3-11,17,19H,12-16H2,1-2H3. The van der Waals surface area contributed by atoms with E-state index in [0.717, 1.165) is 17.7 Å².